The number of fused-ring (bicyclic) bond motifs is 1. The number of aryl methyl sites for hydroxylation is 1. The minimum atomic E-state index is -4.02. The Morgan fingerprint density at radius 1 is 0.848 bits per heavy atom. The molecular weight excluding hydrogens is 466 g/mol. The lowest BCUT2D eigenvalue weighted by Crippen LogP contribution is -2.16. The molecule has 0 radical (unpaired) electrons. The molecule has 1 amide bonds. The SMILES string of the molecule is COc1ccc(NS(=O)(=O)c2ccc(C)c(NS(=O)(=O)c3ccc4c(c3)CC(=O)N4)c2)cc1. The number of methoxy groups -OCH3 is 1. The molecule has 0 saturated heterocycles. The second kappa shape index (κ2) is 8.41. The summed E-state index contributed by atoms with van der Waals surface area (Å²) in [5.74, 6) is 0.377. The summed E-state index contributed by atoms with van der Waals surface area (Å²) in [7, 11) is -6.49. The number of carbonyl (C=O) groups excluding carboxylic acids is 1. The van der Waals surface area contributed by atoms with E-state index in [2.05, 4.69) is 14.8 Å². The topological polar surface area (TPSA) is 131 Å². The van der Waals surface area contributed by atoms with E-state index in [1.807, 2.05) is 0 Å². The van der Waals surface area contributed by atoms with E-state index in [0.717, 1.165) is 0 Å². The molecule has 0 saturated carbocycles. The number of amides is 1. The lowest BCUT2D eigenvalue weighted by molar-refractivity contribution is -0.115. The predicted octanol–water partition coefficient (Wildman–Crippen LogP) is 3.10. The molecule has 172 valence electrons. The van der Waals surface area contributed by atoms with E-state index in [1.165, 1.54) is 43.5 Å². The Morgan fingerprint density at radius 3 is 2.18 bits per heavy atom. The molecule has 3 aromatic carbocycles. The maximum absolute atomic E-state index is 13.0. The van der Waals surface area contributed by atoms with Crippen LogP contribution in [-0.4, -0.2) is 29.9 Å². The van der Waals surface area contributed by atoms with Gasteiger partial charge in [0, 0.05) is 11.4 Å². The average Bonchev–Trinajstić information content (AvgIpc) is 3.14. The quantitative estimate of drug-likeness (QED) is 0.469. The first-order valence-electron chi connectivity index (χ1n) is 9.80. The Morgan fingerprint density at radius 2 is 1.48 bits per heavy atom. The summed E-state index contributed by atoms with van der Waals surface area (Å²) in [6, 6.07) is 14.9. The third-order valence-corrected chi connectivity index (χ3v) is 7.86. The molecule has 1 aliphatic heterocycles. The Bertz CT molecular complexity index is 1450. The van der Waals surface area contributed by atoms with E-state index in [9.17, 15) is 21.6 Å². The zero-order valence-corrected chi connectivity index (χ0v) is 19.4. The van der Waals surface area contributed by atoms with Crippen molar-refractivity contribution in [2.24, 2.45) is 0 Å². The fraction of sp³-hybridized carbons (Fsp3) is 0.136. The van der Waals surface area contributed by atoms with Crippen LogP contribution in [-0.2, 0) is 31.3 Å². The van der Waals surface area contributed by atoms with Crippen LogP contribution >= 0.6 is 0 Å². The minimum Gasteiger partial charge on any atom is -0.497 e. The second-order valence-corrected chi connectivity index (χ2v) is 10.8. The first kappa shape index (κ1) is 22.6. The monoisotopic (exact) mass is 487 g/mol. The highest BCUT2D eigenvalue weighted by Gasteiger charge is 2.23. The molecular formula is C22H21N3O6S2. The van der Waals surface area contributed by atoms with E-state index in [1.54, 1.807) is 31.2 Å². The number of carbonyl (C=O) groups is 1. The lowest BCUT2D eigenvalue weighted by Gasteiger charge is -2.14. The van der Waals surface area contributed by atoms with Crippen LogP contribution in [0.2, 0.25) is 0 Å². The molecule has 0 aromatic heterocycles. The van der Waals surface area contributed by atoms with Gasteiger partial charge >= 0.3 is 0 Å². The average molecular weight is 488 g/mol. The summed E-state index contributed by atoms with van der Waals surface area (Å²) in [5, 5.41) is 2.65. The van der Waals surface area contributed by atoms with Crippen molar-refractivity contribution in [3.8, 4) is 5.75 Å². The molecule has 0 unspecified atom stereocenters. The molecule has 4 rings (SSSR count). The standard InChI is InChI=1S/C22H21N3O6S2/c1-14-3-8-19(32(27,28)24-16-4-6-17(31-2)7-5-16)13-21(14)25-33(29,30)18-9-10-20-15(11-18)12-22(26)23-20/h3-11,13,24-25H,12H2,1-2H3,(H,23,26). The number of rotatable bonds is 7. The number of hydrogen-bond donors (Lipinski definition) is 3. The highest BCUT2D eigenvalue weighted by Crippen LogP contribution is 2.29. The van der Waals surface area contributed by atoms with Crippen molar-refractivity contribution >= 4 is 43.0 Å². The van der Waals surface area contributed by atoms with Crippen LogP contribution in [0.3, 0.4) is 0 Å². The number of benzene rings is 3. The summed E-state index contributed by atoms with van der Waals surface area (Å²) in [6.45, 7) is 1.66. The lowest BCUT2D eigenvalue weighted by atomic mass is 10.2. The van der Waals surface area contributed by atoms with Crippen LogP contribution in [0.5, 0.6) is 5.75 Å². The van der Waals surface area contributed by atoms with Gasteiger partial charge in [-0.2, -0.15) is 0 Å². The van der Waals surface area contributed by atoms with E-state index in [-0.39, 0.29) is 27.8 Å². The highest BCUT2D eigenvalue weighted by atomic mass is 32.2. The van der Waals surface area contributed by atoms with Crippen molar-refractivity contribution in [2.45, 2.75) is 23.1 Å². The van der Waals surface area contributed by atoms with E-state index >= 15 is 0 Å². The molecule has 9 nitrogen and oxygen atoms in total. The van der Waals surface area contributed by atoms with Gasteiger partial charge in [-0.1, -0.05) is 6.07 Å². The van der Waals surface area contributed by atoms with Crippen molar-refractivity contribution < 1.29 is 26.4 Å². The van der Waals surface area contributed by atoms with Crippen LogP contribution in [0, 0.1) is 6.92 Å². The van der Waals surface area contributed by atoms with Crippen LogP contribution in [0.15, 0.2) is 70.5 Å². The van der Waals surface area contributed by atoms with Gasteiger partial charge in [0.05, 0.1) is 29.0 Å². The molecule has 0 atom stereocenters. The molecule has 1 heterocycles. The van der Waals surface area contributed by atoms with E-state index in [0.29, 0.717) is 28.3 Å². The van der Waals surface area contributed by atoms with Gasteiger partial charge in [-0.15, -0.1) is 0 Å². The van der Waals surface area contributed by atoms with Crippen molar-refractivity contribution in [3.05, 3.63) is 71.8 Å². The third-order valence-electron chi connectivity index (χ3n) is 5.12. The Balaban J connectivity index is 1.60. The van der Waals surface area contributed by atoms with E-state index in [4.69, 9.17) is 4.74 Å². The Kier molecular flexibility index (Phi) is 5.76. The fourth-order valence-electron chi connectivity index (χ4n) is 3.33. The number of anilines is 3. The van der Waals surface area contributed by atoms with E-state index < -0.39 is 20.0 Å². The molecule has 11 heteroatoms. The molecule has 3 N–H and O–H groups in total. The molecule has 1 aliphatic rings. The van der Waals surface area contributed by atoms with Gasteiger partial charge in [0.1, 0.15) is 5.75 Å². The zero-order valence-electron chi connectivity index (χ0n) is 17.7. The molecule has 0 bridgehead atoms. The van der Waals surface area contributed by atoms with Gasteiger partial charge in [0.25, 0.3) is 20.0 Å². The number of sulfonamides is 2. The van der Waals surface area contributed by atoms with Crippen LogP contribution in [0.1, 0.15) is 11.1 Å². The summed E-state index contributed by atoms with van der Waals surface area (Å²) in [6.07, 6.45) is 0.0997. The number of nitrogens with one attached hydrogen (secondary N) is 3. The Labute approximate surface area is 191 Å². The molecule has 0 spiro atoms. The summed E-state index contributed by atoms with van der Waals surface area (Å²) >= 11 is 0. The van der Waals surface area contributed by atoms with Crippen LogP contribution < -0.4 is 19.5 Å². The van der Waals surface area contributed by atoms with Crippen molar-refractivity contribution in [2.75, 3.05) is 21.9 Å². The van der Waals surface area contributed by atoms with Gasteiger partial charge in [-0.05, 0) is 72.6 Å². The molecule has 0 aliphatic carbocycles. The highest BCUT2D eigenvalue weighted by molar-refractivity contribution is 7.93. The molecule has 33 heavy (non-hydrogen) atoms. The maximum atomic E-state index is 13.0. The van der Waals surface area contributed by atoms with Gasteiger partial charge in [-0.3, -0.25) is 14.2 Å². The van der Waals surface area contributed by atoms with Gasteiger partial charge in [-0.25, -0.2) is 16.8 Å². The predicted molar refractivity (Wildman–Crippen MR) is 125 cm³/mol. The minimum absolute atomic E-state index is 0.0261. The smallest absolute Gasteiger partial charge is 0.261 e. The Hall–Kier alpha value is -3.57. The summed E-state index contributed by atoms with van der Waals surface area (Å²) in [4.78, 5) is 11.4. The number of hydrogen-bond acceptors (Lipinski definition) is 6. The third kappa shape index (κ3) is 4.78. The first-order valence-corrected chi connectivity index (χ1v) is 12.8. The normalized spacial score (nSPS) is 13.2. The fourth-order valence-corrected chi connectivity index (χ4v) is 5.58. The van der Waals surface area contributed by atoms with Crippen LogP contribution in [0.25, 0.3) is 0 Å². The number of ether oxygens (including phenoxy) is 1. The van der Waals surface area contributed by atoms with Crippen molar-refractivity contribution in [3.63, 3.8) is 0 Å². The summed E-state index contributed by atoms with van der Waals surface area (Å²) in [5.41, 5.74) is 2.16. The van der Waals surface area contributed by atoms with Crippen molar-refractivity contribution in [1.82, 2.24) is 0 Å². The maximum Gasteiger partial charge on any atom is 0.261 e. The van der Waals surface area contributed by atoms with Gasteiger partial charge in [0.15, 0.2) is 0 Å². The van der Waals surface area contributed by atoms with Crippen molar-refractivity contribution in [1.29, 1.82) is 0 Å². The molecule has 0 fully saturated rings. The molecule has 3 aromatic rings. The zero-order chi connectivity index (χ0) is 23.8. The van der Waals surface area contributed by atoms with Gasteiger partial charge < -0.3 is 10.1 Å². The van der Waals surface area contributed by atoms with Gasteiger partial charge in [0.2, 0.25) is 5.91 Å². The largest absolute Gasteiger partial charge is 0.497 e. The second-order valence-electron chi connectivity index (χ2n) is 7.46. The first-order chi connectivity index (χ1) is 15.6. The summed E-state index contributed by atoms with van der Waals surface area (Å²) < 4.78 is 61.6. The van der Waals surface area contributed by atoms with Crippen LogP contribution in [0.4, 0.5) is 17.1 Å².